The van der Waals surface area contributed by atoms with Gasteiger partial charge in [0.25, 0.3) is 11.8 Å². The minimum Gasteiger partial charge on any atom is -0.446 e. The van der Waals surface area contributed by atoms with Crippen LogP contribution in [0.3, 0.4) is 0 Å². The Morgan fingerprint density at radius 3 is 2.27 bits per heavy atom. The number of esters is 1. The maximum absolute atomic E-state index is 13.3. The maximum Gasteiger partial charge on any atom is 0.326 e. The number of carbonyl (C=O) groups is 4. The molecule has 0 saturated heterocycles. The summed E-state index contributed by atoms with van der Waals surface area (Å²) in [5.74, 6) is -2.90. The van der Waals surface area contributed by atoms with Crippen LogP contribution in [0.15, 0.2) is 78.9 Å². The third-order valence-electron chi connectivity index (χ3n) is 4.61. The van der Waals surface area contributed by atoms with Crippen molar-refractivity contribution in [2.45, 2.75) is 13.0 Å². The number of ether oxygens (including phenoxy) is 1. The largest absolute Gasteiger partial charge is 0.446 e. The van der Waals surface area contributed by atoms with Crippen molar-refractivity contribution in [1.29, 1.82) is 0 Å². The van der Waals surface area contributed by atoms with Crippen LogP contribution in [0.4, 0.5) is 10.1 Å². The van der Waals surface area contributed by atoms with Crippen molar-refractivity contribution in [3.05, 3.63) is 101 Å². The standard InChI is InChI=1S/C25H21FN2O5/c1-16(29)18-9-6-12-21(14-18)28-25(32)23(17-7-3-2-4-8-17)33-22(30)15-27-24(31)19-10-5-11-20(26)13-19/h2-14,23H,15H2,1H3,(H,27,31)(H,28,32)/t23-/m1/s1. The van der Waals surface area contributed by atoms with Gasteiger partial charge in [0.15, 0.2) is 5.78 Å². The van der Waals surface area contributed by atoms with Crippen molar-refractivity contribution in [2.24, 2.45) is 0 Å². The Balaban J connectivity index is 1.70. The fourth-order valence-corrected chi connectivity index (χ4v) is 2.98. The van der Waals surface area contributed by atoms with Crippen LogP contribution in [0.2, 0.25) is 0 Å². The molecule has 0 aromatic heterocycles. The van der Waals surface area contributed by atoms with Crippen molar-refractivity contribution in [2.75, 3.05) is 11.9 Å². The third kappa shape index (κ3) is 6.57. The van der Waals surface area contributed by atoms with Crippen LogP contribution in [-0.4, -0.2) is 30.1 Å². The highest BCUT2D eigenvalue weighted by atomic mass is 19.1. The first-order valence-electron chi connectivity index (χ1n) is 10.0. The normalized spacial score (nSPS) is 11.2. The number of anilines is 1. The smallest absolute Gasteiger partial charge is 0.326 e. The molecule has 8 heteroatoms. The minimum atomic E-state index is -1.30. The summed E-state index contributed by atoms with van der Waals surface area (Å²) in [5, 5.41) is 4.98. The minimum absolute atomic E-state index is 0.0468. The fourth-order valence-electron chi connectivity index (χ4n) is 2.98. The Hall–Kier alpha value is -4.33. The van der Waals surface area contributed by atoms with E-state index in [0.717, 1.165) is 6.07 Å². The molecule has 0 aliphatic rings. The van der Waals surface area contributed by atoms with Crippen molar-refractivity contribution >= 4 is 29.3 Å². The van der Waals surface area contributed by atoms with Gasteiger partial charge < -0.3 is 15.4 Å². The molecule has 0 spiro atoms. The predicted molar refractivity (Wildman–Crippen MR) is 119 cm³/mol. The van der Waals surface area contributed by atoms with Gasteiger partial charge in [-0.3, -0.25) is 19.2 Å². The van der Waals surface area contributed by atoms with Crippen molar-refractivity contribution in [3.8, 4) is 0 Å². The zero-order valence-corrected chi connectivity index (χ0v) is 17.7. The van der Waals surface area contributed by atoms with Gasteiger partial charge in [0.2, 0.25) is 6.10 Å². The van der Waals surface area contributed by atoms with Gasteiger partial charge in [0, 0.05) is 22.4 Å². The Kier molecular flexibility index (Phi) is 7.64. The zero-order chi connectivity index (χ0) is 23.8. The maximum atomic E-state index is 13.3. The summed E-state index contributed by atoms with van der Waals surface area (Å²) >= 11 is 0. The number of amides is 2. The number of rotatable bonds is 8. The zero-order valence-electron chi connectivity index (χ0n) is 17.7. The lowest BCUT2D eigenvalue weighted by Gasteiger charge is -2.18. The molecule has 7 nitrogen and oxygen atoms in total. The number of hydrogen-bond donors (Lipinski definition) is 2. The van der Waals surface area contributed by atoms with E-state index in [1.54, 1.807) is 48.5 Å². The molecule has 33 heavy (non-hydrogen) atoms. The Bertz CT molecular complexity index is 1180. The average molecular weight is 448 g/mol. The van der Waals surface area contributed by atoms with Gasteiger partial charge in [-0.2, -0.15) is 0 Å². The Labute approximate surface area is 189 Å². The topological polar surface area (TPSA) is 102 Å². The monoisotopic (exact) mass is 448 g/mol. The van der Waals surface area contributed by atoms with E-state index >= 15 is 0 Å². The first kappa shape index (κ1) is 23.3. The van der Waals surface area contributed by atoms with Gasteiger partial charge in [-0.15, -0.1) is 0 Å². The molecule has 0 heterocycles. The van der Waals surface area contributed by atoms with Crippen LogP contribution in [0.5, 0.6) is 0 Å². The second-order valence-electron chi connectivity index (χ2n) is 7.10. The van der Waals surface area contributed by atoms with Gasteiger partial charge in [0.05, 0.1) is 0 Å². The van der Waals surface area contributed by atoms with Crippen LogP contribution in [0.1, 0.15) is 39.3 Å². The summed E-state index contributed by atoms with van der Waals surface area (Å²) < 4.78 is 18.6. The SMILES string of the molecule is CC(=O)c1cccc(NC(=O)[C@H](OC(=O)CNC(=O)c2cccc(F)c2)c2ccccc2)c1. The number of halogens is 1. The van der Waals surface area contributed by atoms with Crippen molar-refractivity contribution < 1.29 is 28.3 Å². The number of Topliss-reactive ketones (excluding diaryl/α,β-unsaturated/α-hetero) is 1. The van der Waals surface area contributed by atoms with Gasteiger partial charge in [-0.25, -0.2) is 4.39 Å². The number of carbonyl (C=O) groups excluding carboxylic acids is 4. The summed E-state index contributed by atoms with van der Waals surface area (Å²) in [5.41, 5.74) is 1.25. The first-order chi connectivity index (χ1) is 15.8. The summed E-state index contributed by atoms with van der Waals surface area (Å²) in [6.45, 7) is 0.888. The van der Waals surface area contributed by atoms with Crippen LogP contribution in [-0.2, 0) is 14.3 Å². The summed E-state index contributed by atoms with van der Waals surface area (Å²) in [6, 6.07) is 19.7. The molecule has 0 bridgehead atoms. The third-order valence-corrected chi connectivity index (χ3v) is 4.61. The average Bonchev–Trinajstić information content (AvgIpc) is 2.81. The van der Waals surface area contributed by atoms with E-state index in [9.17, 15) is 23.6 Å². The molecule has 0 aliphatic heterocycles. The molecule has 168 valence electrons. The highest BCUT2D eigenvalue weighted by Gasteiger charge is 2.25. The van der Waals surface area contributed by atoms with Crippen LogP contribution in [0.25, 0.3) is 0 Å². The van der Waals surface area contributed by atoms with E-state index in [1.165, 1.54) is 31.2 Å². The van der Waals surface area contributed by atoms with E-state index in [0.29, 0.717) is 16.8 Å². The van der Waals surface area contributed by atoms with E-state index in [2.05, 4.69) is 10.6 Å². The predicted octanol–water partition coefficient (Wildman–Crippen LogP) is 3.68. The molecule has 1 atom stereocenters. The number of ketones is 1. The highest BCUT2D eigenvalue weighted by Crippen LogP contribution is 2.21. The van der Waals surface area contributed by atoms with Crippen LogP contribution >= 0.6 is 0 Å². The molecule has 0 aliphatic carbocycles. The quantitative estimate of drug-likeness (QED) is 0.404. The summed E-state index contributed by atoms with van der Waals surface area (Å²) in [6.07, 6.45) is -1.30. The van der Waals surface area contributed by atoms with Gasteiger partial charge >= 0.3 is 5.97 Å². The number of hydrogen-bond acceptors (Lipinski definition) is 5. The molecule has 0 radical (unpaired) electrons. The lowest BCUT2D eigenvalue weighted by Crippen LogP contribution is -2.33. The van der Waals surface area contributed by atoms with Gasteiger partial charge in [-0.05, 0) is 37.3 Å². The molecule has 0 saturated carbocycles. The fraction of sp³-hybridized carbons (Fsp3) is 0.120. The van der Waals surface area contributed by atoms with Gasteiger partial charge in [-0.1, -0.05) is 48.5 Å². The van der Waals surface area contributed by atoms with Crippen molar-refractivity contribution in [1.82, 2.24) is 5.32 Å². The molecular weight excluding hydrogens is 427 g/mol. The van der Waals surface area contributed by atoms with E-state index in [4.69, 9.17) is 4.74 Å². The van der Waals surface area contributed by atoms with Gasteiger partial charge in [0.1, 0.15) is 12.4 Å². The molecule has 3 rings (SSSR count). The van der Waals surface area contributed by atoms with E-state index in [-0.39, 0.29) is 11.3 Å². The Morgan fingerprint density at radius 1 is 0.879 bits per heavy atom. The lowest BCUT2D eigenvalue weighted by molar-refractivity contribution is -0.153. The molecule has 0 unspecified atom stereocenters. The van der Waals surface area contributed by atoms with Crippen LogP contribution in [0, 0.1) is 5.82 Å². The van der Waals surface area contributed by atoms with E-state index in [1.807, 2.05) is 0 Å². The molecule has 2 amide bonds. The molecule has 0 fully saturated rings. The first-order valence-corrected chi connectivity index (χ1v) is 10.0. The molecular formula is C25H21FN2O5. The molecule has 3 aromatic carbocycles. The highest BCUT2D eigenvalue weighted by molar-refractivity contribution is 5.99. The van der Waals surface area contributed by atoms with Crippen molar-refractivity contribution in [3.63, 3.8) is 0 Å². The number of nitrogens with one attached hydrogen (secondary N) is 2. The number of benzene rings is 3. The second kappa shape index (κ2) is 10.8. The summed E-state index contributed by atoms with van der Waals surface area (Å²) in [4.78, 5) is 49.0. The Morgan fingerprint density at radius 2 is 1.58 bits per heavy atom. The summed E-state index contributed by atoms with van der Waals surface area (Å²) in [7, 11) is 0. The lowest BCUT2D eigenvalue weighted by atomic mass is 10.1. The van der Waals surface area contributed by atoms with Crippen LogP contribution < -0.4 is 10.6 Å². The molecule has 2 N–H and O–H groups in total. The second-order valence-corrected chi connectivity index (χ2v) is 7.10. The molecule has 3 aromatic rings. The van der Waals surface area contributed by atoms with E-state index < -0.39 is 36.2 Å².